The van der Waals surface area contributed by atoms with Crippen LogP contribution in [-0.4, -0.2) is 41.1 Å². The van der Waals surface area contributed by atoms with Gasteiger partial charge in [-0.05, 0) is 51.3 Å². The van der Waals surface area contributed by atoms with Crippen LogP contribution in [0.1, 0.15) is 51.6 Å². The molecule has 0 bridgehead atoms. The van der Waals surface area contributed by atoms with Crippen molar-refractivity contribution >= 4 is 22.8 Å². The van der Waals surface area contributed by atoms with Crippen LogP contribution < -0.4 is 11.1 Å². The van der Waals surface area contributed by atoms with Crippen molar-refractivity contribution in [2.75, 3.05) is 17.7 Å². The summed E-state index contributed by atoms with van der Waals surface area (Å²) in [6.07, 6.45) is 5.15. The second-order valence-corrected chi connectivity index (χ2v) is 8.85. The standard InChI is InChI=1S/C22H24F3N9O/c1-22(2,16-6-7-33(32-16)19(24)25)31-21-29-18(28-20(26)30-21)12-9-14(23)13-11-27-34(15(13)10-12)17-5-3-4-8-35-17/h6-7,9-11,17,19H,3-5,8H2,1-2H3,(H3,26,28,29,30,31). The summed E-state index contributed by atoms with van der Waals surface area (Å²) in [7, 11) is 0. The number of hydrogen-bond donors (Lipinski definition) is 2. The highest BCUT2D eigenvalue weighted by molar-refractivity contribution is 5.84. The molecule has 3 N–H and O–H groups in total. The molecule has 4 heterocycles. The van der Waals surface area contributed by atoms with Gasteiger partial charge >= 0.3 is 6.55 Å². The summed E-state index contributed by atoms with van der Waals surface area (Å²) in [5, 5.41) is 11.7. The molecule has 4 aromatic rings. The van der Waals surface area contributed by atoms with Crippen LogP contribution in [-0.2, 0) is 10.3 Å². The summed E-state index contributed by atoms with van der Waals surface area (Å²) in [5.74, 6) is -0.331. The van der Waals surface area contributed by atoms with Crippen molar-refractivity contribution in [2.45, 2.75) is 51.4 Å². The van der Waals surface area contributed by atoms with Crippen molar-refractivity contribution in [2.24, 2.45) is 0 Å². The van der Waals surface area contributed by atoms with E-state index in [1.165, 1.54) is 24.5 Å². The van der Waals surface area contributed by atoms with Crippen molar-refractivity contribution in [1.82, 2.24) is 34.5 Å². The van der Waals surface area contributed by atoms with Crippen molar-refractivity contribution in [3.05, 3.63) is 42.1 Å². The normalized spacial score (nSPS) is 16.8. The molecule has 0 amide bonds. The zero-order chi connectivity index (χ0) is 24.7. The molecule has 1 fully saturated rings. The Morgan fingerprint density at radius 3 is 2.74 bits per heavy atom. The number of aromatic nitrogens is 7. The fourth-order valence-corrected chi connectivity index (χ4v) is 4.08. The number of benzene rings is 1. The molecule has 1 aliphatic heterocycles. The Hall–Kier alpha value is -3.74. The van der Waals surface area contributed by atoms with Crippen molar-refractivity contribution in [1.29, 1.82) is 0 Å². The molecule has 1 unspecified atom stereocenters. The minimum absolute atomic E-state index is 0.0870. The minimum Gasteiger partial charge on any atom is -0.368 e. The Kier molecular flexibility index (Phi) is 5.79. The third-order valence-electron chi connectivity index (χ3n) is 5.88. The highest BCUT2D eigenvalue weighted by Crippen LogP contribution is 2.31. The number of rotatable bonds is 6. The van der Waals surface area contributed by atoms with E-state index in [1.807, 2.05) is 0 Å². The first-order valence-corrected chi connectivity index (χ1v) is 11.1. The molecule has 10 nitrogen and oxygen atoms in total. The molecular formula is C22H24F3N9O. The zero-order valence-electron chi connectivity index (χ0n) is 19.1. The number of ether oxygens (including phenoxy) is 1. The van der Waals surface area contributed by atoms with Gasteiger partial charge in [-0.25, -0.2) is 13.8 Å². The van der Waals surface area contributed by atoms with E-state index < -0.39 is 17.9 Å². The average Bonchev–Trinajstić information content (AvgIpc) is 3.48. The minimum atomic E-state index is -2.75. The van der Waals surface area contributed by atoms with Gasteiger partial charge in [0.2, 0.25) is 11.9 Å². The molecule has 1 aliphatic rings. The molecule has 1 atom stereocenters. The Morgan fingerprint density at radius 2 is 2.03 bits per heavy atom. The Balaban J connectivity index is 1.49. The zero-order valence-corrected chi connectivity index (χ0v) is 19.1. The predicted octanol–water partition coefficient (Wildman–Crippen LogP) is 4.25. The largest absolute Gasteiger partial charge is 0.368 e. The van der Waals surface area contributed by atoms with E-state index in [1.54, 1.807) is 24.6 Å². The molecule has 0 radical (unpaired) electrons. The van der Waals surface area contributed by atoms with E-state index in [-0.39, 0.29) is 23.9 Å². The van der Waals surface area contributed by atoms with E-state index in [0.29, 0.717) is 33.4 Å². The summed E-state index contributed by atoms with van der Waals surface area (Å²) in [6.45, 7) is 1.34. The lowest BCUT2D eigenvalue weighted by Gasteiger charge is -2.24. The van der Waals surface area contributed by atoms with Crippen molar-refractivity contribution in [3.63, 3.8) is 0 Å². The second kappa shape index (κ2) is 8.80. The molecule has 35 heavy (non-hydrogen) atoms. The second-order valence-electron chi connectivity index (χ2n) is 8.85. The molecule has 1 saturated heterocycles. The first-order chi connectivity index (χ1) is 16.7. The maximum atomic E-state index is 15.0. The van der Waals surface area contributed by atoms with Crippen LogP contribution in [0.4, 0.5) is 25.1 Å². The van der Waals surface area contributed by atoms with Gasteiger partial charge in [0, 0.05) is 18.4 Å². The highest BCUT2D eigenvalue weighted by atomic mass is 19.3. The first kappa shape index (κ1) is 23.0. The lowest BCUT2D eigenvalue weighted by molar-refractivity contribution is -0.0366. The van der Waals surface area contributed by atoms with E-state index in [9.17, 15) is 13.2 Å². The van der Waals surface area contributed by atoms with Gasteiger partial charge in [-0.15, -0.1) is 0 Å². The average molecular weight is 487 g/mol. The van der Waals surface area contributed by atoms with Gasteiger partial charge in [0.1, 0.15) is 5.82 Å². The van der Waals surface area contributed by atoms with Gasteiger partial charge in [-0.1, -0.05) is 0 Å². The van der Waals surface area contributed by atoms with E-state index in [2.05, 4.69) is 30.5 Å². The van der Waals surface area contributed by atoms with Crippen molar-refractivity contribution in [3.8, 4) is 11.4 Å². The van der Waals surface area contributed by atoms with Crippen LogP contribution in [0.25, 0.3) is 22.3 Å². The van der Waals surface area contributed by atoms with Crippen LogP contribution in [0.5, 0.6) is 0 Å². The van der Waals surface area contributed by atoms with Crippen molar-refractivity contribution < 1.29 is 17.9 Å². The first-order valence-electron chi connectivity index (χ1n) is 11.1. The SMILES string of the molecule is CC(C)(Nc1nc(N)nc(-c2cc(F)c3cnn(C4CCCCO4)c3c2)n1)c1ccn(C(F)F)n1. The van der Waals surface area contributed by atoms with Gasteiger partial charge in [0.05, 0.1) is 28.3 Å². The fraction of sp³-hybridized carbons (Fsp3) is 0.409. The maximum absolute atomic E-state index is 15.0. The van der Waals surface area contributed by atoms with Crippen LogP contribution in [0.2, 0.25) is 0 Å². The molecule has 184 valence electrons. The molecule has 5 rings (SSSR count). The number of nitrogens with one attached hydrogen (secondary N) is 1. The molecule has 1 aromatic carbocycles. The number of halogens is 3. The Labute approximate surface area is 198 Å². The predicted molar refractivity (Wildman–Crippen MR) is 122 cm³/mol. The van der Waals surface area contributed by atoms with E-state index in [4.69, 9.17) is 10.5 Å². The lowest BCUT2D eigenvalue weighted by atomic mass is 10.0. The molecule has 0 aliphatic carbocycles. The van der Waals surface area contributed by atoms with Gasteiger partial charge in [-0.2, -0.15) is 33.9 Å². The number of nitrogens with two attached hydrogens (primary N) is 1. The highest BCUT2D eigenvalue weighted by Gasteiger charge is 2.26. The van der Waals surface area contributed by atoms with Gasteiger partial charge < -0.3 is 15.8 Å². The number of hydrogen-bond acceptors (Lipinski definition) is 8. The summed E-state index contributed by atoms with van der Waals surface area (Å²) in [6, 6.07) is 4.52. The molecule has 3 aromatic heterocycles. The summed E-state index contributed by atoms with van der Waals surface area (Å²) in [5.41, 5.74) is 6.29. The van der Waals surface area contributed by atoms with E-state index in [0.717, 1.165) is 19.3 Å². The summed E-state index contributed by atoms with van der Waals surface area (Å²) in [4.78, 5) is 12.7. The monoisotopic (exact) mass is 487 g/mol. The van der Waals surface area contributed by atoms with Gasteiger partial charge in [0.15, 0.2) is 12.1 Å². The number of alkyl halides is 2. The van der Waals surface area contributed by atoms with Gasteiger partial charge in [0.25, 0.3) is 0 Å². The topological polar surface area (TPSA) is 122 Å². The van der Waals surface area contributed by atoms with E-state index >= 15 is 0 Å². The number of anilines is 2. The maximum Gasteiger partial charge on any atom is 0.333 e. The molecule has 0 saturated carbocycles. The third kappa shape index (κ3) is 4.50. The van der Waals surface area contributed by atoms with Crippen LogP contribution >= 0.6 is 0 Å². The smallest absolute Gasteiger partial charge is 0.333 e. The Morgan fingerprint density at radius 1 is 1.20 bits per heavy atom. The number of nitrogens with zero attached hydrogens (tertiary/aromatic N) is 7. The van der Waals surface area contributed by atoms with Crippen LogP contribution in [0.15, 0.2) is 30.6 Å². The number of fused-ring (bicyclic) bond motifs is 1. The molecule has 13 heteroatoms. The summed E-state index contributed by atoms with van der Waals surface area (Å²) >= 11 is 0. The van der Waals surface area contributed by atoms with Crippen LogP contribution in [0, 0.1) is 5.82 Å². The molecule has 0 spiro atoms. The number of nitrogen functional groups attached to an aromatic ring is 1. The summed E-state index contributed by atoms with van der Waals surface area (Å²) < 4.78 is 48.9. The fourth-order valence-electron chi connectivity index (χ4n) is 4.08. The lowest BCUT2D eigenvalue weighted by Crippen LogP contribution is -2.30. The quantitative estimate of drug-likeness (QED) is 0.414. The Bertz CT molecular complexity index is 1360. The van der Waals surface area contributed by atoms with Crippen LogP contribution in [0.3, 0.4) is 0 Å². The molecular weight excluding hydrogens is 463 g/mol. The van der Waals surface area contributed by atoms with Gasteiger partial charge in [-0.3, -0.25) is 0 Å². The third-order valence-corrected chi connectivity index (χ3v) is 5.88.